The summed E-state index contributed by atoms with van der Waals surface area (Å²) in [5.74, 6) is -1.40. The molecule has 8 rings (SSSR count). The maximum atomic E-state index is 16.3. The van der Waals surface area contributed by atoms with E-state index in [-0.39, 0.29) is 48.2 Å². The molecule has 1 aromatic carbocycles. The molecule has 3 aliphatic rings. The van der Waals surface area contributed by atoms with Crippen molar-refractivity contribution >= 4 is 70.6 Å². The lowest BCUT2D eigenvalue weighted by atomic mass is 9.96. The highest BCUT2D eigenvalue weighted by molar-refractivity contribution is 8.07. The molecule has 26 heteroatoms. The molecule has 3 aliphatic heterocycles. The van der Waals surface area contributed by atoms with E-state index in [1.54, 1.807) is 48.7 Å². The number of hydrogen-bond acceptors (Lipinski definition) is 17. The Morgan fingerprint density at radius 2 is 1.84 bits per heavy atom. The van der Waals surface area contributed by atoms with Crippen LogP contribution in [-0.4, -0.2) is 125 Å². The molecule has 3 saturated heterocycles. The average molecular weight is 912 g/mol. The lowest BCUT2D eigenvalue weighted by molar-refractivity contribution is -0.173. The monoisotopic (exact) mass is 911 g/mol. The third-order valence-corrected chi connectivity index (χ3v) is 12.9. The molecular formula is C37H39FN11O12PS. The summed E-state index contributed by atoms with van der Waals surface area (Å²) in [6, 6.07) is 8.57. The van der Waals surface area contributed by atoms with E-state index in [4.69, 9.17) is 50.9 Å². The average Bonchev–Trinajstić information content (AvgIpc) is 4.09. The topological polar surface area (TPSA) is 272 Å². The van der Waals surface area contributed by atoms with Crippen LogP contribution in [0, 0.1) is 12.5 Å². The number of ether oxygens (including phenoxy) is 4. The number of fused-ring (bicyclic) bond motifs is 4. The fourth-order valence-electron chi connectivity index (χ4n) is 7.33. The normalized spacial score (nSPS) is 26.2. The number of imidazole rings is 2. The van der Waals surface area contributed by atoms with Crippen molar-refractivity contribution in [3.05, 3.63) is 76.6 Å². The van der Waals surface area contributed by atoms with Gasteiger partial charge in [0, 0.05) is 11.5 Å². The summed E-state index contributed by atoms with van der Waals surface area (Å²) >= 11 is 5.87. The van der Waals surface area contributed by atoms with Gasteiger partial charge in [-0.1, -0.05) is 39.0 Å². The number of amides is 2. The van der Waals surface area contributed by atoms with Crippen LogP contribution in [0.3, 0.4) is 0 Å². The van der Waals surface area contributed by atoms with Gasteiger partial charge in [-0.3, -0.25) is 38.3 Å². The molecule has 5 aromatic rings. The number of halogens is 1. The maximum Gasteiger partial charge on any atom is 0.506 e. The first-order chi connectivity index (χ1) is 30.2. The Balaban J connectivity index is 1.03. The van der Waals surface area contributed by atoms with E-state index in [1.807, 2.05) is 6.92 Å². The number of aromatic amines is 1. The standard InChI is InChI=1S/C37H39FN11O12PS/c1-5-37-14-55-25(34(60-37)48-16-42-22-27(40-15-41-28(22)48)44-31(51)19-9-7-6-8-10-19)26(37)61-62(63,56-12-11-39-4)57-13-20-21(38)24(59-36(53)54)33(58-20)49-17-43-23-29(49)45-35(47-32(23)52)46-30(50)18(2)3/h6-10,15-18,20-21,24-26,33-34H,5,11-14H2,1-3H3,(H,53,54)(H,40,41,44,51)(H2,45,46,47,50,52)/t20-,21+,24-,25-,26+,33-,34-,37+,62?/m1/s1. The van der Waals surface area contributed by atoms with Gasteiger partial charge in [-0.2, -0.15) is 4.98 Å². The highest BCUT2D eigenvalue weighted by Crippen LogP contribution is 2.59. The van der Waals surface area contributed by atoms with Crippen LogP contribution >= 0.6 is 6.72 Å². The van der Waals surface area contributed by atoms with Gasteiger partial charge in [-0.05, 0) is 30.4 Å². The van der Waals surface area contributed by atoms with Crippen LogP contribution < -0.4 is 16.2 Å². The van der Waals surface area contributed by atoms with Crippen molar-refractivity contribution in [3.63, 3.8) is 0 Å². The Kier molecular flexibility index (Phi) is 12.3. The molecule has 0 spiro atoms. The first-order valence-electron chi connectivity index (χ1n) is 19.5. The Bertz CT molecular complexity index is 2700. The number of carbonyl (C=O) groups is 3. The quantitative estimate of drug-likeness (QED) is 0.0475. The minimum Gasteiger partial charge on any atom is -0.450 e. The number of anilines is 2. The predicted molar refractivity (Wildman–Crippen MR) is 218 cm³/mol. The number of aromatic nitrogens is 8. The number of nitrogens with one attached hydrogen (secondary N) is 3. The Morgan fingerprint density at radius 3 is 2.56 bits per heavy atom. The molecule has 4 N–H and O–H groups in total. The zero-order chi connectivity index (χ0) is 44.6. The number of carboxylic acid groups (broad SMARTS) is 1. The number of alkyl halides is 1. The molecule has 4 aromatic heterocycles. The molecular weight excluding hydrogens is 873 g/mol. The predicted octanol–water partition coefficient (Wildman–Crippen LogP) is 3.74. The van der Waals surface area contributed by atoms with Gasteiger partial charge >= 0.3 is 12.9 Å². The van der Waals surface area contributed by atoms with E-state index in [0.717, 1.165) is 10.9 Å². The summed E-state index contributed by atoms with van der Waals surface area (Å²) in [5, 5.41) is 14.8. The molecule has 0 saturated carbocycles. The van der Waals surface area contributed by atoms with E-state index in [2.05, 4.69) is 45.4 Å². The summed E-state index contributed by atoms with van der Waals surface area (Å²) in [7, 11) is 0. The highest BCUT2D eigenvalue weighted by Gasteiger charge is 2.64. The van der Waals surface area contributed by atoms with E-state index >= 15 is 4.39 Å². The zero-order valence-electron chi connectivity index (χ0n) is 33.5. The molecule has 2 bridgehead atoms. The number of rotatable bonds is 16. The molecule has 9 atom stereocenters. The second-order valence-corrected chi connectivity index (χ2v) is 17.8. The first kappa shape index (κ1) is 43.8. The number of nitrogens with zero attached hydrogens (tertiary/aromatic N) is 8. The molecule has 63 heavy (non-hydrogen) atoms. The minimum atomic E-state index is -3.96. The highest BCUT2D eigenvalue weighted by atomic mass is 32.5. The summed E-state index contributed by atoms with van der Waals surface area (Å²) < 4.78 is 61.4. The lowest BCUT2D eigenvalue weighted by Gasteiger charge is -2.32. The Hall–Kier alpha value is -5.84. The summed E-state index contributed by atoms with van der Waals surface area (Å²) in [5.41, 5.74) is -1.25. The largest absolute Gasteiger partial charge is 0.506 e. The van der Waals surface area contributed by atoms with Crippen LogP contribution in [0.15, 0.2) is 54.1 Å². The smallest absolute Gasteiger partial charge is 0.450 e. The van der Waals surface area contributed by atoms with Crippen LogP contribution in [0.4, 0.5) is 21.0 Å². The number of carbonyl (C=O) groups excluding carboxylic acids is 2. The first-order valence-corrected chi connectivity index (χ1v) is 22.0. The van der Waals surface area contributed by atoms with E-state index in [1.165, 1.54) is 12.7 Å². The van der Waals surface area contributed by atoms with Crippen LogP contribution in [-0.2, 0) is 49.1 Å². The van der Waals surface area contributed by atoms with Crippen LogP contribution in [0.2, 0.25) is 0 Å². The molecule has 1 unspecified atom stereocenters. The molecule has 0 radical (unpaired) electrons. The van der Waals surface area contributed by atoms with E-state index < -0.39 is 91.4 Å². The number of hydrogen-bond donors (Lipinski definition) is 4. The van der Waals surface area contributed by atoms with Gasteiger partial charge in [0.2, 0.25) is 18.4 Å². The Labute approximate surface area is 360 Å². The van der Waals surface area contributed by atoms with Crippen molar-refractivity contribution in [3.8, 4) is 0 Å². The lowest BCUT2D eigenvalue weighted by Crippen LogP contribution is -2.41. The van der Waals surface area contributed by atoms with Gasteiger partial charge in [0.05, 0.1) is 25.9 Å². The summed E-state index contributed by atoms with van der Waals surface area (Å²) in [6.07, 6.45) is -7.48. The maximum absolute atomic E-state index is 16.3. The van der Waals surface area contributed by atoms with Gasteiger partial charge in [-0.25, -0.2) is 35.7 Å². The van der Waals surface area contributed by atoms with Crippen LogP contribution in [0.5, 0.6) is 0 Å². The van der Waals surface area contributed by atoms with E-state index in [9.17, 15) is 24.3 Å². The minimum absolute atomic E-state index is 0.0828. The molecule has 7 heterocycles. The fourth-order valence-corrected chi connectivity index (χ4v) is 9.44. The molecule has 23 nitrogen and oxygen atoms in total. The van der Waals surface area contributed by atoms with Gasteiger partial charge in [-0.15, -0.1) is 0 Å². The van der Waals surface area contributed by atoms with Crippen molar-refractivity contribution in [1.82, 2.24) is 39.0 Å². The number of H-pyrrole nitrogens is 1. The molecule has 3 fully saturated rings. The van der Waals surface area contributed by atoms with Gasteiger partial charge in [0.25, 0.3) is 11.5 Å². The summed E-state index contributed by atoms with van der Waals surface area (Å²) in [4.78, 5) is 77.2. The van der Waals surface area contributed by atoms with Crippen LogP contribution in [0.25, 0.3) is 27.2 Å². The van der Waals surface area contributed by atoms with Crippen molar-refractivity contribution in [1.29, 1.82) is 0 Å². The number of benzene rings is 1. The fraction of sp³-hybridized carbons (Fsp3) is 0.459. The third kappa shape index (κ3) is 8.51. The second kappa shape index (κ2) is 17.7. The summed E-state index contributed by atoms with van der Waals surface area (Å²) in [6.45, 7) is 7.50. The van der Waals surface area contributed by atoms with Crippen molar-refractivity contribution in [2.45, 2.75) is 75.8 Å². The third-order valence-electron chi connectivity index (χ3n) is 10.5. The van der Waals surface area contributed by atoms with Crippen LogP contribution in [0.1, 0.15) is 50.0 Å². The van der Waals surface area contributed by atoms with Gasteiger partial charge < -0.3 is 43.3 Å². The second-order valence-electron chi connectivity index (χ2n) is 14.8. The van der Waals surface area contributed by atoms with Crippen molar-refractivity contribution < 1.29 is 56.4 Å². The van der Waals surface area contributed by atoms with Crippen molar-refractivity contribution in [2.24, 2.45) is 5.92 Å². The van der Waals surface area contributed by atoms with Gasteiger partial charge in [0.1, 0.15) is 36.8 Å². The molecule has 0 aliphatic carbocycles. The van der Waals surface area contributed by atoms with E-state index in [0.29, 0.717) is 17.6 Å². The van der Waals surface area contributed by atoms with Gasteiger partial charge in [0.15, 0.2) is 52.9 Å². The molecule has 332 valence electrons. The van der Waals surface area contributed by atoms with Crippen molar-refractivity contribution in [2.75, 3.05) is 37.0 Å². The molecule has 2 amide bonds. The Morgan fingerprint density at radius 1 is 1.10 bits per heavy atom. The zero-order valence-corrected chi connectivity index (χ0v) is 35.2. The SMILES string of the molecule is [C-]#[N+]CCOP(=S)(OC[C@H]1O[C@@H](n2cnc3c(=O)[nH]c(NC(=O)C(C)C)nc32)[C@H](OC(=O)O)[C@H]1F)O[C@H]1[C@H]2OC[C@]1(CC)O[C@H]2n1cnc2c(NC(=O)c3ccccc3)ncnc21.